The number of aromatic hydroxyl groups is 1. The van der Waals surface area contributed by atoms with E-state index in [2.05, 4.69) is 25.9 Å². The number of nitrogens with one attached hydrogen (secondary N) is 1. The zero-order chi connectivity index (χ0) is 14.3. The molecule has 0 unspecified atom stereocenters. The summed E-state index contributed by atoms with van der Waals surface area (Å²) in [7, 11) is 0. The highest BCUT2D eigenvalue weighted by molar-refractivity contribution is 9.10. The summed E-state index contributed by atoms with van der Waals surface area (Å²) in [6.07, 6.45) is 3.08. The maximum absolute atomic E-state index is 13.7. The monoisotopic (exact) mass is 334 g/mol. The molecule has 3 rings (SSSR count). The Morgan fingerprint density at radius 1 is 1.30 bits per heavy atom. The van der Waals surface area contributed by atoms with Gasteiger partial charge in [-0.05, 0) is 40.2 Å². The van der Waals surface area contributed by atoms with Crippen LogP contribution in [0.15, 0.2) is 41.1 Å². The molecule has 0 saturated heterocycles. The fourth-order valence-corrected chi connectivity index (χ4v) is 2.33. The van der Waals surface area contributed by atoms with Crippen molar-refractivity contribution in [3.8, 4) is 5.75 Å². The number of halogens is 2. The molecule has 2 aromatic heterocycles. The second kappa shape index (κ2) is 4.72. The number of aromatic nitrogens is 2. The quantitative estimate of drug-likeness (QED) is 0.706. The number of ketones is 1. The summed E-state index contributed by atoms with van der Waals surface area (Å²) in [4.78, 5) is 19.4. The lowest BCUT2D eigenvalue weighted by Crippen LogP contribution is -2.03. The topological polar surface area (TPSA) is 66.0 Å². The van der Waals surface area contributed by atoms with Crippen molar-refractivity contribution in [1.29, 1.82) is 0 Å². The Kier molecular flexibility index (Phi) is 3.02. The van der Waals surface area contributed by atoms with Gasteiger partial charge in [0.2, 0.25) is 0 Å². The molecule has 0 radical (unpaired) electrons. The number of nitrogens with zero attached hydrogens (tertiary/aromatic N) is 1. The van der Waals surface area contributed by atoms with Crippen LogP contribution in [0.1, 0.15) is 15.9 Å². The predicted octanol–water partition coefficient (Wildman–Crippen LogP) is 3.40. The smallest absolute Gasteiger partial charge is 0.198 e. The van der Waals surface area contributed by atoms with Crippen LogP contribution in [0.3, 0.4) is 0 Å². The van der Waals surface area contributed by atoms with E-state index in [0.717, 1.165) is 16.6 Å². The minimum Gasteiger partial charge on any atom is -0.508 e. The molecule has 0 spiro atoms. The number of rotatable bonds is 2. The summed E-state index contributed by atoms with van der Waals surface area (Å²) >= 11 is 3.28. The van der Waals surface area contributed by atoms with E-state index >= 15 is 0 Å². The Balaban J connectivity index is 2.17. The number of phenols is 1. The van der Waals surface area contributed by atoms with Crippen molar-refractivity contribution in [1.82, 2.24) is 9.97 Å². The third kappa shape index (κ3) is 2.08. The number of pyridine rings is 1. The molecule has 100 valence electrons. The van der Waals surface area contributed by atoms with E-state index in [-0.39, 0.29) is 11.3 Å². The molecule has 1 aromatic carbocycles. The van der Waals surface area contributed by atoms with Gasteiger partial charge in [-0.3, -0.25) is 4.79 Å². The van der Waals surface area contributed by atoms with Gasteiger partial charge in [0.1, 0.15) is 17.2 Å². The SMILES string of the molecule is O=C(c1cc(O)ccc1F)c1c[nH]c2ncc(Br)cc12. The average Bonchev–Trinajstić information content (AvgIpc) is 2.83. The van der Waals surface area contributed by atoms with Crippen molar-refractivity contribution in [2.45, 2.75) is 0 Å². The van der Waals surface area contributed by atoms with E-state index in [0.29, 0.717) is 16.6 Å². The predicted molar refractivity (Wildman–Crippen MR) is 75.3 cm³/mol. The van der Waals surface area contributed by atoms with Gasteiger partial charge in [0.15, 0.2) is 5.78 Å². The van der Waals surface area contributed by atoms with Crippen LogP contribution in [0, 0.1) is 5.82 Å². The molecule has 0 bridgehead atoms. The van der Waals surface area contributed by atoms with Crippen molar-refractivity contribution < 1.29 is 14.3 Å². The van der Waals surface area contributed by atoms with Crippen LogP contribution >= 0.6 is 15.9 Å². The van der Waals surface area contributed by atoms with Gasteiger partial charge in [0.25, 0.3) is 0 Å². The molecule has 0 aliphatic carbocycles. The maximum atomic E-state index is 13.7. The summed E-state index contributed by atoms with van der Waals surface area (Å²) in [6.45, 7) is 0. The number of hydrogen-bond donors (Lipinski definition) is 2. The van der Waals surface area contributed by atoms with Gasteiger partial charge in [-0.15, -0.1) is 0 Å². The lowest BCUT2D eigenvalue weighted by Gasteiger charge is -2.02. The van der Waals surface area contributed by atoms with Crippen LogP contribution in [-0.4, -0.2) is 20.9 Å². The van der Waals surface area contributed by atoms with Gasteiger partial charge in [-0.25, -0.2) is 9.37 Å². The normalized spacial score (nSPS) is 10.9. The zero-order valence-electron chi connectivity index (χ0n) is 10.0. The highest BCUT2D eigenvalue weighted by atomic mass is 79.9. The van der Waals surface area contributed by atoms with Crippen molar-refractivity contribution >= 4 is 32.7 Å². The van der Waals surface area contributed by atoms with E-state index in [4.69, 9.17) is 0 Å². The van der Waals surface area contributed by atoms with E-state index < -0.39 is 11.6 Å². The van der Waals surface area contributed by atoms with Crippen LogP contribution in [0.25, 0.3) is 11.0 Å². The third-order valence-corrected chi connectivity index (χ3v) is 3.37. The fourth-order valence-electron chi connectivity index (χ4n) is 2.00. The molecule has 0 aliphatic heterocycles. The van der Waals surface area contributed by atoms with E-state index in [9.17, 15) is 14.3 Å². The first-order valence-electron chi connectivity index (χ1n) is 5.72. The molecule has 4 nitrogen and oxygen atoms in total. The highest BCUT2D eigenvalue weighted by Crippen LogP contribution is 2.25. The summed E-state index contributed by atoms with van der Waals surface area (Å²) in [5.74, 6) is -1.34. The Labute approximate surface area is 121 Å². The van der Waals surface area contributed by atoms with Gasteiger partial charge < -0.3 is 10.1 Å². The fraction of sp³-hybridized carbons (Fsp3) is 0. The van der Waals surface area contributed by atoms with Crippen LogP contribution < -0.4 is 0 Å². The first-order chi connectivity index (χ1) is 9.56. The molecule has 20 heavy (non-hydrogen) atoms. The summed E-state index contributed by atoms with van der Waals surface area (Å²) in [5, 5.41) is 9.98. The number of aromatic amines is 1. The molecular weight excluding hydrogens is 327 g/mol. The molecule has 0 fully saturated rings. The second-order valence-corrected chi connectivity index (χ2v) is 5.16. The Morgan fingerprint density at radius 3 is 2.90 bits per heavy atom. The summed E-state index contributed by atoms with van der Waals surface area (Å²) < 4.78 is 14.4. The number of H-pyrrole nitrogens is 1. The first kappa shape index (κ1) is 12.8. The number of carbonyl (C=O) groups is 1. The van der Waals surface area contributed by atoms with Gasteiger partial charge in [-0.2, -0.15) is 0 Å². The molecule has 3 aromatic rings. The van der Waals surface area contributed by atoms with Crippen LogP contribution in [0.4, 0.5) is 4.39 Å². The van der Waals surface area contributed by atoms with Crippen molar-refractivity contribution in [3.05, 3.63) is 58.1 Å². The summed E-state index contributed by atoms with van der Waals surface area (Å²) in [5.41, 5.74) is 0.668. The Morgan fingerprint density at radius 2 is 2.10 bits per heavy atom. The van der Waals surface area contributed by atoms with Gasteiger partial charge >= 0.3 is 0 Å². The molecule has 2 N–H and O–H groups in total. The van der Waals surface area contributed by atoms with Gasteiger partial charge in [0, 0.05) is 27.8 Å². The van der Waals surface area contributed by atoms with Crippen LogP contribution in [-0.2, 0) is 0 Å². The van der Waals surface area contributed by atoms with Gasteiger partial charge in [0.05, 0.1) is 5.56 Å². The number of benzene rings is 1. The Hall–Kier alpha value is -2.21. The molecular formula is C14H8BrFN2O2. The van der Waals surface area contributed by atoms with Crippen molar-refractivity contribution in [3.63, 3.8) is 0 Å². The van der Waals surface area contributed by atoms with Crippen molar-refractivity contribution in [2.75, 3.05) is 0 Å². The molecule has 0 saturated carbocycles. The standard InChI is InChI=1S/C14H8BrFN2O2/c15-7-3-9-11(6-18-14(9)17-5-7)13(20)10-4-8(19)1-2-12(10)16/h1-6,19H,(H,17,18). The van der Waals surface area contributed by atoms with E-state index in [1.807, 2.05) is 0 Å². The Bertz CT molecular complexity index is 829. The lowest BCUT2D eigenvalue weighted by molar-refractivity contribution is 0.103. The molecule has 0 amide bonds. The largest absolute Gasteiger partial charge is 0.508 e. The average molecular weight is 335 g/mol. The maximum Gasteiger partial charge on any atom is 0.198 e. The van der Waals surface area contributed by atoms with E-state index in [1.165, 1.54) is 12.3 Å². The minimum atomic E-state index is -0.676. The zero-order valence-corrected chi connectivity index (χ0v) is 11.6. The molecule has 2 heterocycles. The van der Waals surface area contributed by atoms with Crippen LogP contribution in [0.5, 0.6) is 5.75 Å². The highest BCUT2D eigenvalue weighted by Gasteiger charge is 2.19. The van der Waals surface area contributed by atoms with Crippen molar-refractivity contribution in [2.24, 2.45) is 0 Å². The third-order valence-electron chi connectivity index (χ3n) is 2.94. The minimum absolute atomic E-state index is 0.158. The number of hydrogen-bond acceptors (Lipinski definition) is 3. The number of fused-ring (bicyclic) bond motifs is 1. The molecule has 6 heteroatoms. The summed E-state index contributed by atoms with van der Waals surface area (Å²) in [6, 6.07) is 5.10. The molecule has 0 aliphatic rings. The molecule has 0 atom stereocenters. The van der Waals surface area contributed by atoms with Crippen LogP contribution in [0.2, 0.25) is 0 Å². The number of phenolic OH excluding ortho intramolecular Hbond substituents is 1. The number of carbonyl (C=O) groups excluding carboxylic acids is 1. The second-order valence-electron chi connectivity index (χ2n) is 4.25. The van der Waals surface area contributed by atoms with Gasteiger partial charge in [-0.1, -0.05) is 0 Å². The first-order valence-corrected chi connectivity index (χ1v) is 6.51. The lowest BCUT2D eigenvalue weighted by atomic mass is 10.0. The van der Waals surface area contributed by atoms with E-state index in [1.54, 1.807) is 12.3 Å².